The Labute approximate surface area is 119 Å². The molecule has 0 aliphatic heterocycles. The molecule has 1 heterocycles. The second-order valence-corrected chi connectivity index (χ2v) is 4.67. The summed E-state index contributed by atoms with van der Waals surface area (Å²) in [6.45, 7) is 4.49. The van der Waals surface area contributed by atoms with Crippen LogP contribution < -0.4 is 5.73 Å². The zero-order valence-electron chi connectivity index (χ0n) is 11.8. The number of nitrogens with zero attached hydrogens (tertiary/aromatic N) is 2. The van der Waals surface area contributed by atoms with Crippen molar-refractivity contribution in [2.45, 2.75) is 26.8 Å². The van der Waals surface area contributed by atoms with E-state index in [2.05, 4.69) is 16.9 Å². The highest BCUT2D eigenvalue weighted by atomic mass is 16.3. The average Bonchev–Trinajstić information content (AvgIpc) is 2.42. The summed E-state index contributed by atoms with van der Waals surface area (Å²) in [5, 5.41) is 9.67. The molecule has 104 valence electrons. The van der Waals surface area contributed by atoms with Gasteiger partial charge in [-0.15, -0.1) is 0 Å². The lowest BCUT2D eigenvalue weighted by molar-refractivity contribution is 0.474. The molecule has 3 N–H and O–H groups in total. The van der Waals surface area contributed by atoms with Crippen LogP contribution in [0.4, 0.5) is 5.82 Å². The number of aryl methyl sites for hydroxylation is 2. The van der Waals surface area contributed by atoms with E-state index in [0.717, 1.165) is 17.7 Å². The zero-order chi connectivity index (χ0) is 14.5. The molecule has 0 atom stereocenters. The minimum Gasteiger partial charge on any atom is -0.507 e. The molecule has 0 aliphatic rings. The summed E-state index contributed by atoms with van der Waals surface area (Å²) in [5.41, 5.74) is 9.73. The average molecular weight is 269 g/mol. The van der Waals surface area contributed by atoms with E-state index in [4.69, 9.17) is 5.73 Å². The van der Waals surface area contributed by atoms with Crippen LogP contribution in [0.2, 0.25) is 0 Å². The van der Waals surface area contributed by atoms with Gasteiger partial charge in [-0.05, 0) is 37.1 Å². The third kappa shape index (κ3) is 3.15. The fraction of sp³-hybridized carbons (Fsp3) is 0.250. The molecular formula is C16H19N3O. The molecule has 0 unspecified atom stereocenters. The Morgan fingerprint density at radius 1 is 1.35 bits per heavy atom. The van der Waals surface area contributed by atoms with Crippen LogP contribution in [0.3, 0.4) is 0 Å². The van der Waals surface area contributed by atoms with Gasteiger partial charge in [0, 0.05) is 23.0 Å². The number of hydrogen-bond donors (Lipinski definition) is 2. The van der Waals surface area contributed by atoms with Gasteiger partial charge in [0.1, 0.15) is 11.6 Å². The van der Waals surface area contributed by atoms with Gasteiger partial charge in [-0.1, -0.05) is 19.1 Å². The number of aliphatic imine (C=N–C) groups is 1. The number of hydrogen-bond acceptors (Lipinski definition) is 4. The summed E-state index contributed by atoms with van der Waals surface area (Å²) in [7, 11) is 0. The van der Waals surface area contributed by atoms with Crippen molar-refractivity contribution in [1.82, 2.24) is 4.98 Å². The van der Waals surface area contributed by atoms with Crippen LogP contribution in [0, 0.1) is 6.92 Å². The third-order valence-electron chi connectivity index (χ3n) is 3.17. The predicted octanol–water partition coefficient (Wildman–Crippen LogP) is 2.86. The lowest BCUT2D eigenvalue weighted by Gasteiger charge is -2.09. The highest BCUT2D eigenvalue weighted by Crippen LogP contribution is 2.19. The summed E-state index contributed by atoms with van der Waals surface area (Å²) in [4.78, 5) is 8.65. The van der Waals surface area contributed by atoms with Gasteiger partial charge in [-0.3, -0.25) is 4.99 Å². The molecule has 0 radical (unpaired) electrons. The number of phenolic OH excluding ortho intramolecular Hbond substituents is 1. The van der Waals surface area contributed by atoms with Crippen molar-refractivity contribution in [1.29, 1.82) is 0 Å². The van der Waals surface area contributed by atoms with Crippen molar-refractivity contribution in [2.75, 3.05) is 5.73 Å². The van der Waals surface area contributed by atoms with Crippen molar-refractivity contribution in [2.24, 2.45) is 4.99 Å². The minimum absolute atomic E-state index is 0.224. The summed E-state index contributed by atoms with van der Waals surface area (Å²) in [5.74, 6) is 0.762. The molecule has 1 aromatic carbocycles. The first-order chi connectivity index (χ1) is 9.61. The summed E-state index contributed by atoms with van der Waals surface area (Å²) < 4.78 is 0. The maximum Gasteiger partial charge on any atom is 0.129 e. The lowest BCUT2D eigenvalue weighted by Crippen LogP contribution is -2.03. The van der Waals surface area contributed by atoms with Gasteiger partial charge >= 0.3 is 0 Å². The minimum atomic E-state index is 0.224. The largest absolute Gasteiger partial charge is 0.507 e. The Bertz CT molecular complexity index is 636. The SMILES string of the molecule is CCc1cc(C)nc(N)c1CN=Cc1ccccc1O. The van der Waals surface area contributed by atoms with Gasteiger partial charge in [0.2, 0.25) is 0 Å². The number of aromatic hydroxyl groups is 1. The van der Waals surface area contributed by atoms with Crippen molar-refractivity contribution in [3.05, 3.63) is 52.7 Å². The fourth-order valence-corrected chi connectivity index (χ4v) is 2.12. The smallest absolute Gasteiger partial charge is 0.129 e. The Kier molecular flexibility index (Phi) is 4.35. The molecule has 0 spiro atoms. The molecule has 0 amide bonds. The van der Waals surface area contributed by atoms with Gasteiger partial charge in [0.05, 0.1) is 6.54 Å². The number of para-hydroxylation sites is 1. The Hall–Kier alpha value is -2.36. The van der Waals surface area contributed by atoms with E-state index in [-0.39, 0.29) is 5.75 Å². The van der Waals surface area contributed by atoms with E-state index in [1.165, 1.54) is 5.56 Å². The molecule has 0 saturated heterocycles. The van der Waals surface area contributed by atoms with Crippen LogP contribution in [0.5, 0.6) is 5.75 Å². The predicted molar refractivity (Wildman–Crippen MR) is 82.2 cm³/mol. The van der Waals surface area contributed by atoms with E-state index in [0.29, 0.717) is 17.9 Å². The number of aromatic nitrogens is 1. The summed E-state index contributed by atoms with van der Waals surface area (Å²) >= 11 is 0. The third-order valence-corrected chi connectivity index (χ3v) is 3.17. The van der Waals surface area contributed by atoms with Crippen LogP contribution in [-0.2, 0) is 13.0 Å². The maximum absolute atomic E-state index is 9.67. The maximum atomic E-state index is 9.67. The van der Waals surface area contributed by atoms with Crippen LogP contribution >= 0.6 is 0 Å². The van der Waals surface area contributed by atoms with E-state index in [1.54, 1.807) is 18.3 Å². The second kappa shape index (κ2) is 6.19. The number of phenols is 1. The first kappa shape index (κ1) is 14.1. The molecule has 2 aromatic rings. The van der Waals surface area contributed by atoms with Crippen molar-refractivity contribution < 1.29 is 5.11 Å². The Morgan fingerprint density at radius 3 is 2.80 bits per heavy atom. The number of pyridine rings is 1. The van der Waals surface area contributed by atoms with Crippen LogP contribution in [0.25, 0.3) is 0 Å². The van der Waals surface area contributed by atoms with E-state index >= 15 is 0 Å². The number of rotatable bonds is 4. The Morgan fingerprint density at radius 2 is 2.10 bits per heavy atom. The van der Waals surface area contributed by atoms with Crippen molar-refractivity contribution in [3.8, 4) is 5.75 Å². The number of nitrogens with two attached hydrogens (primary N) is 1. The standard InChI is InChI=1S/C16H19N3O/c1-3-12-8-11(2)19-16(17)14(12)10-18-9-13-6-4-5-7-15(13)20/h4-9,20H,3,10H2,1-2H3,(H2,17,19). The number of benzene rings is 1. The van der Waals surface area contributed by atoms with E-state index < -0.39 is 0 Å². The van der Waals surface area contributed by atoms with Crippen molar-refractivity contribution >= 4 is 12.0 Å². The molecule has 0 aliphatic carbocycles. The first-order valence-corrected chi connectivity index (χ1v) is 6.64. The lowest BCUT2D eigenvalue weighted by atomic mass is 10.1. The Balaban J connectivity index is 2.21. The highest BCUT2D eigenvalue weighted by molar-refractivity contribution is 5.83. The molecule has 4 heteroatoms. The monoisotopic (exact) mass is 269 g/mol. The van der Waals surface area contributed by atoms with Gasteiger partial charge in [-0.2, -0.15) is 0 Å². The van der Waals surface area contributed by atoms with Crippen LogP contribution in [0.15, 0.2) is 35.3 Å². The summed E-state index contributed by atoms with van der Waals surface area (Å²) in [6.07, 6.45) is 2.56. The molecule has 1 aromatic heterocycles. The van der Waals surface area contributed by atoms with Gasteiger partial charge in [0.15, 0.2) is 0 Å². The van der Waals surface area contributed by atoms with E-state index in [9.17, 15) is 5.11 Å². The molecule has 20 heavy (non-hydrogen) atoms. The molecule has 2 rings (SSSR count). The number of nitrogen functional groups attached to an aromatic ring is 1. The molecule has 0 saturated carbocycles. The second-order valence-electron chi connectivity index (χ2n) is 4.67. The van der Waals surface area contributed by atoms with E-state index in [1.807, 2.05) is 25.1 Å². The zero-order valence-corrected chi connectivity index (χ0v) is 11.8. The molecular weight excluding hydrogens is 250 g/mol. The van der Waals surface area contributed by atoms with Gasteiger partial charge in [-0.25, -0.2) is 4.98 Å². The fourth-order valence-electron chi connectivity index (χ4n) is 2.12. The highest BCUT2D eigenvalue weighted by Gasteiger charge is 2.07. The summed E-state index contributed by atoms with van der Waals surface area (Å²) in [6, 6.07) is 9.14. The van der Waals surface area contributed by atoms with Crippen LogP contribution in [-0.4, -0.2) is 16.3 Å². The van der Waals surface area contributed by atoms with Gasteiger partial charge < -0.3 is 10.8 Å². The van der Waals surface area contributed by atoms with Crippen LogP contribution in [0.1, 0.15) is 29.3 Å². The molecule has 0 bridgehead atoms. The quantitative estimate of drug-likeness (QED) is 0.838. The molecule has 0 fully saturated rings. The normalized spacial score (nSPS) is 11.1. The van der Waals surface area contributed by atoms with Crippen molar-refractivity contribution in [3.63, 3.8) is 0 Å². The topological polar surface area (TPSA) is 71.5 Å². The molecule has 4 nitrogen and oxygen atoms in total. The van der Waals surface area contributed by atoms with Gasteiger partial charge in [0.25, 0.3) is 0 Å². The number of anilines is 1. The first-order valence-electron chi connectivity index (χ1n) is 6.64.